The Morgan fingerprint density at radius 3 is 2.37 bits per heavy atom. The molecule has 1 aromatic heterocycles. The number of carbonyl (C=O) groups excluding carboxylic acids is 1. The molecule has 1 unspecified atom stereocenters. The first-order valence-corrected chi connectivity index (χ1v) is 20.8. The number of nitrogens with zero attached hydrogens (tertiary/aromatic N) is 1. The second kappa shape index (κ2) is 12.4. The summed E-state index contributed by atoms with van der Waals surface area (Å²) in [6, 6.07) is 18.1. The quantitative estimate of drug-likeness (QED) is 0.164. The molecule has 8 atom stereocenters. The molecular formula is C42H49NO7S2. The fourth-order valence-corrected chi connectivity index (χ4v) is 14.2. The van der Waals surface area contributed by atoms with Gasteiger partial charge in [-0.15, -0.1) is 11.3 Å². The largest absolute Gasteiger partial charge is 0.497 e. The van der Waals surface area contributed by atoms with Crippen LogP contribution in [0.25, 0.3) is 0 Å². The maximum Gasteiger partial charge on any atom is 0.252 e. The van der Waals surface area contributed by atoms with E-state index in [-0.39, 0.29) is 40.3 Å². The van der Waals surface area contributed by atoms with E-state index in [0.29, 0.717) is 48.3 Å². The van der Waals surface area contributed by atoms with E-state index in [4.69, 9.17) is 9.47 Å². The maximum atomic E-state index is 14.8. The van der Waals surface area contributed by atoms with Crippen LogP contribution in [0.3, 0.4) is 0 Å². The number of hydrogen-bond acceptors (Lipinski definition) is 8. The molecule has 2 spiro atoms. The predicted molar refractivity (Wildman–Crippen MR) is 201 cm³/mol. The summed E-state index contributed by atoms with van der Waals surface area (Å²) < 4.78 is 41.7. The van der Waals surface area contributed by atoms with Crippen molar-refractivity contribution in [3.05, 3.63) is 101 Å². The molecule has 2 N–H and O–H groups in total. The molecule has 52 heavy (non-hydrogen) atoms. The highest BCUT2D eigenvalue weighted by Crippen LogP contribution is 2.78. The molecule has 3 saturated carbocycles. The van der Waals surface area contributed by atoms with Gasteiger partial charge in [0.25, 0.3) is 10.0 Å². The Balaban J connectivity index is 1.23. The minimum absolute atomic E-state index is 0.00429. The van der Waals surface area contributed by atoms with Gasteiger partial charge in [0.15, 0.2) is 5.78 Å². The van der Waals surface area contributed by atoms with Crippen molar-refractivity contribution in [3.63, 3.8) is 0 Å². The number of hydrogen-bond donors (Lipinski definition) is 2. The average molecular weight is 744 g/mol. The first-order valence-electron chi connectivity index (χ1n) is 18.5. The fraction of sp³-hybridized carbons (Fsp3) is 0.500. The van der Waals surface area contributed by atoms with E-state index >= 15 is 0 Å². The summed E-state index contributed by atoms with van der Waals surface area (Å²) >= 11 is 1.16. The molecule has 9 rings (SSSR count). The third kappa shape index (κ3) is 4.93. The zero-order valence-electron chi connectivity index (χ0n) is 30.4. The van der Waals surface area contributed by atoms with Crippen molar-refractivity contribution in [2.24, 2.45) is 33.5 Å². The topological polar surface area (TPSA) is 113 Å². The number of methoxy groups -OCH3 is 2. The van der Waals surface area contributed by atoms with Gasteiger partial charge in [0.2, 0.25) is 0 Å². The van der Waals surface area contributed by atoms with Gasteiger partial charge in [0.05, 0.1) is 25.9 Å². The summed E-state index contributed by atoms with van der Waals surface area (Å²) in [5.41, 5.74) is -1.24. The van der Waals surface area contributed by atoms with E-state index in [1.54, 1.807) is 43.9 Å². The Kier molecular flexibility index (Phi) is 8.51. The van der Waals surface area contributed by atoms with Gasteiger partial charge in [-0.25, -0.2) is 8.42 Å². The molecule has 2 bridgehead atoms. The molecule has 276 valence electrons. The zero-order valence-corrected chi connectivity index (χ0v) is 32.0. The number of ether oxygens (including phenoxy) is 2. The molecule has 2 aromatic carbocycles. The third-order valence-corrected chi connectivity index (χ3v) is 17.5. The van der Waals surface area contributed by atoms with Crippen molar-refractivity contribution in [1.82, 2.24) is 4.31 Å². The SMILES string of the molecule is COc1ccc(CN(C[C@]2(O)CC[C@H]3[C@]45C=C[C@@]6(C=C4C(=O)c4ccccc4)CC(O)CC[C@]6(C)[C@H]5CC[C@@]32C)S(=O)(=O)c2cccs2)c(OC)c1. The smallest absolute Gasteiger partial charge is 0.252 e. The molecule has 0 radical (unpaired) electrons. The van der Waals surface area contributed by atoms with Crippen LogP contribution in [0.1, 0.15) is 74.7 Å². The third-order valence-electron chi connectivity index (χ3n) is 14.4. The number of fused-ring (bicyclic) bond motifs is 1. The van der Waals surface area contributed by atoms with Crippen molar-refractivity contribution < 1.29 is 32.9 Å². The highest BCUT2D eigenvalue weighted by Gasteiger charge is 2.74. The highest BCUT2D eigenvalue weighted by molar-refractivity contribution is 7.91. The fourth-order valence-electron chi connectivity index (χ4n) is 11.6. The van der Waals surface area contributed by atoms with Crippen LogP contribution in [-0.2, 0) is 16.6 Å². The van der Waals surface area contributed by atoms with Gasteiger partial charge < -0.3 is 19.7 Å². The predicted octanol–water partition coefficient (Wildman–Crippen LogP) is 7.43. The number of thiophene rings is 1. The first kappa shape index (κ1) is 35.7. The van der Waals surface area contributed by atoms with E-state index in [1.807, 2.05) is 36.4 Å². The van der Waals surface area contributed by atoms with Crippen molar-refractivity contribution in [3.8, 4) is 11.5 Å². The molecule has 0 amide bonds. The number of ketones is 1. The van der Waals surface area contributed by atoms with Crippen LogP contribution < -0.4 is 9.47 Å². The van der Waals surface area contributed by atoms with Crippen molar-refractivity contribution in [2.75, 3.05) is 20.8 Å². The van der Waals surface area contributed by atoms with Gasteiger partial charge in [0, 0.05) is 52.1 Å². The molecule has 3 aromatic rings. The van der Waals surface area contributed by atoms with Gasteiger partial charge in [-0.05, 0) is 79.7 Å². The number of Topliss-reactive ketones (excluding diaryl/α,β-unsaturated/α-hetero) is 1. The molecule has 0 aliphatic heterocycles. The van der Waals surface area contributed by atoms with Crippen LogP contribution in [0, 0.1) is 33.5 Å². The number of allylic oxidation sites excluding steroid dienone is 4. The van der Waals surface area contributed by atoms with Gasteiger partial charge in [-0.3, -0.25) is 4.79 Å². The Morgan fingerprint density at radius 2 is 1.65 bits per heavy atom. The molecule has 6 aliphatic carbocycles. The van der Waals surface area contributed by atoms with Gasteiger partial charge in [-0.2, -0.15) is 4.31 Å². The lowest BCUT2D eigenvalue weighted by Gasteiger charge is -2.71. The molecule has 6 aliphatic rings. The number of sulfonamides is 1. The van der Waals surface area contributed by atoms with E-state index in [9.17, 15) is 23.4 Å². The minimum Gasteiger partial charge on any atom is -0.497 e. The Morgan fingerprint density at radius 1 is 0.923 bits per heavy atom. The maximum absolute atomic E-state index is 14.8. The van der Waals surface area contributed by atoms with Crippen LogP contribution in [0.15, 0.2) is 94.1 Å². The van der Waals surface area contributed by atoms with Crippen LogP contribution in [-0.4, -0.2) is 61.2 Å². The summed E-state index contributed by atoms with van der Waals surface area (Å²) in [7, 11) is -0.889. The number of aliphatic hydroxyl groups is 2. The van der Waals surface area contributed by atoms with Crippen LogP contribution in [0.2, 0.25) is 0 Å². The first-order chi connectivity index (χ1) is 24.8. The van der Waals surface area contributed by atoms with Crippen molar-refractivity contribution in [2.45, 2.75) is 81.3 Å². The van der Waals surface area contributed by atoms with E-state index in [2.05, 4.69) is 32.1 Å². The molecular weight excluding hydrogens is 695 g/mol. The molecule has 3 fully saturated rings. The molecule has 8 nitrogen and oxygen atoms in total. The van der Waals surface area contributed by atoms with E-state index < -0.39 is 38.0 Å². The lowest BCUT2D eigenvalue weighted by atomic mass is 9.32. The van der Waals surface area contributed by atoms with Gasteiger partial charge in [0.1, 0.15) is 15.7 Å². The Labute approximate surface area is 311 Å². The van der Waals surface area contributed by atoms with E-state index in [0.717, 1.165) is 36.2 Å². The van der Waals surface area contributed by atoms with Crippen LogP contribution >= 0.6 is 11.3 Å². The lowest BCUT2D eigenvalue weighted by molar-refractivity contribution is -0.173. The standard InChI is InChI=1S/C42H49NO7S2/c1-38-17-14-30(44)24-40(38)20-21-42(32(25-40)37(45)28-9-6-5-7-10-28)34(38)15-18-39(2)35(42)16-19-41(39,46)27-43(52(47,48)36-11-8-22-51-36)26-29-12-13-31(49-3)23-33(29)50-4/h5-13,20-23,25,30,34-35,44,46H,14-19,24,26-27H2,1-4H3/t30?,34-,35-,38-,39+,40+,41-,42-/m1/s1. The van der Waals surface area contributed by atoms with Crippen LogP contribution in [0.4, 0.5) is 0 Å². The number of aliphatic hydroxyl groups excluding tert-OH is 1. The normalized spacial score (nSPS) is 36.1. The lowest BCUT2D eigenvalue weighted by Crippen LogP contribution is -2.67. The molecule has 0 saturated heterocycles. The molecule has 10 heteroatoms. The van der Waals surface area contributed by atoms with Crippen molar-refractivity contribution >= 4 is 27.1 Å². The van der Waals surface area contributed by atoms with Gasteiger partial charge >= 0.3 is 0 Å². The van der Waals surface area contributed by atoms with Crippen LogP contribution in [0.5, 0.6) is 11.5 Å². The summed E-state index contributed by atoms with van der Waals surface area (Å²) in [6.07, 6.45) is 11.1. The highest BCUT2D eigenvalue weighted by atomic mass is 32.2. The second-order valence-corrected chi connectivity index (χ2v) is 19.5. The Hall–Kier alpha value is -3.28. The summed E-state index contributed by atoms with van der Waals surface area (Å²) in [4.78, 5) is 14.8. The summed E-state index contributed by atoms with van der Waals surface area (Å²) in [6.45, 7) is 4.41. The Bertz CT molecular complexity index is 2050. The summed E-state index contributed by atoms with van der Waals surface area (Å²) in [5.74, 6) is 1.14. The minimum atomic E-state index is -4.01. The second-order valence-electron chi connectivity index (χ2n) is 16.4. The molecule has 1 heterocycles. The average Bonchev–Trinajstić information content (AvgIpc) is 3.79. The monoisotopic (exact) mass is 743 g/mol. The van der Waals surface area contributed by atoms with Gasteiger partial charge in [-0.1, -0.05) is 74.5 Å². The number of carbonyl (C=O) groups is 1. The number of benzene rings is 2. The summed E-state index contributed by atoms with van der Waals surface area (Å²) in [5, 5.41) is 25.9. The van der Waals surface area contributed by atoms with E-state index in [1.165, 1.54) is 4.31 Å². The van der Waals surface area contributed by atoms with Crippen molar-refractivity contribution in [1.29, 1.82) is 0 Å². The zero-order chi connectivity index (χ0) is 36.7. The number of rotatable bonds is 10.